The van der Waals surface area contributed by atoms with E-state index in [2.05, 4.69) is 21.3 Å². The SMILES string of the molecule is CCNC(=O)[C@H]1CN(c2ccc(C#N)c3ncccc23)C[C@@H](C)O1. The summed E-state index contributed by atoms with van der Waals surface area (Å²) < 4.78 is 5.79. The maximum Gasteiger partial charge on any atom is 0.250 e. The molecule has 0 unspecified atom stereocenters. The average molecular weight is 324 g/mol. The number of amides is 1. The highest BCUT2D eigenvalue weighted by Crippen LogP contribution is 2.30. The number of rotatable bonds is 3. The highest BCUT2D eigenvalue weighted by molar-refractivity contribution is 5.95. The molecule has 0 aliphatic carbocycles. The summed E-state index contributed by atoms with van der Waals surface area (Å²) in [4.78, 5) is 18.7. The first-order chi connectivity index (χ1) is 11.6. The van der Waals surface area contributed by atoms with Gasteiger partial charge in [-0.15, -0.1) is 0 Å². The van der Waals surface area contributed by atoms with Crippen LogP contribution >= 0.6 is 0 Å². The summed E-state index contributed by atoms with van der Waals surface area (Å²) in [6, 6.07) is 9.71. The van der Waals surface area contributed by atoms with Gasteiger partial charge in [0.2, 0.25) is 0 Å². The van der Waals surface area contributed by atoms with Crippen molar-refractivity contribution in [3.05, 3.63) is 36.0 Å². The lowest BCUT2D eigenvalue weighted by Gasteiger charge is -2.38. The Morgan fingerprint density at radius 1 is 1.46 bits per heavy atom. The first-order valence-electron chi connectivity index (χ1n) is 8.10. The molecule has 1 fully saturated rings. The van der Waals surface area contributed by atoms with Gasteiger partial charge < -0.3 is 15.0 Å². The second kappa shape index (κ2) is 6.85. The molecule has 0 bridgehead atoms. The van der Waals surface area contributed by atoms with Gasteiger partial charge in [0.25, 0.3) is 5.91 Å². The molecular weight excluding hydrogens is 304 g/mol. The van der Waals surface area contributed by atoms with Crippen LogP contribution in [0.2, 0.25) is 0 Å². The summed E-state index contributed by atoms with van der Waals surface area (Å²) in [5, 5.41) is 13.0. The van der Waals surface area contributed by atoms with Crippen LogP contribution in [-0.2, 0) is 9.53 Å². The third-order valence-corrected chi connectivity index (χ3v) is 4.11. The molecule has 24 heavy (non-hydrogen) atoms. The van der Waals surface area contributed by atoms with Crippen molar-refractivity contribution in [1.82, 2.24) is 10.3 Å². The Morgan fingerprint density at radius 3 is 3.04 bits per heavy atom. The number of aromatic nitrogens is 1. The molecule has 3 rings (SSSR count). The standard InChI is InChI=1S/C18H20N4O2/c1-3-20-18(23)16-11-22(10-12(2)24-16)15-7-6-13(9-19)17-14(15)5-4-8-21-17/h4-8,12,16H,3,10-11H2,1-2H3,(H,20,23)/t12-,16-/m1/s1. The van der Waals surface area contributed by atoms with Gasteiger partial charge in [0, 0.05) is 30.4 Å². The molecular formula is C18H20N4O2. The minimum atomic E-state index is -0.504. The molecule has 2 aromatic rings. The Kier molecular flexibility index (Phi) is 4.63. The van der Waals surface area contributed by atoms with Gasteiger partial charge in [-0.25, -0.2) is 0 Å². The van der Waals surface area contributed by atoms with E-state index in [9.17, 15) is 10.1 Å². The largest absolute Gasteiger partial charge is 0.365 e. The lowest BCUT2D eigenvalue weighted by molar-refractivity contribution is -0.137. The highest BCUT2D eigenvalue weighted by atomic mass is 16.5. The van der Waals surface area contributed by atoms with Crippen molar-refractivity contribution in [2.24, 2.45) is 0 Å². The zero-order valence-corrected chi connectivity index (χ0v) is 13.8. The van der Waals surface area contributed by atoms with E-state index < -0.39 is 6.10 Å². The van der Waals surface area contributed by atoms with Crippen LogP contribution in [0.3, 0.4) is 0 Å². The first kappa shape index (κ1) is 16.2. The zero-order valence-electron chi connectivity index (χ0n) is 13.8. The second-order valence-electron chi connectivity index (χ2n) is 5.88. The van der Waals surface area contributed by atoms with Gasteiger partial charge in [0.1, 0.15) is 6.07 Å². The van der Waals surface area contributed by atoms with Gasteiger partial charge in [-0.2, -0.15) is 5.26 Å². The lowest BCUT2D eigenvalue weighted by Crippen LogP contribution is -2.52. The van der Waals surface area contributed by atoms with Gasteiger partial charge in [-0.1, -0.05) is 0 Å². The van der Waals surface area contributed by atoms with Gasteiger partial charge >= 0.3 is 0 Å². The molecule has 1 amide bonds. The number of pyridine rings is 1. The number of carbonyl (C=O) groups is 1. The quantitative estimate of drug-likeness (QED) is 0.932. The van der Waals surface area contributed by atoms with Gasteiger partial charge in [0.15, 0.2) is 6.10 Å². The molecule has 6 heteroatoms. The predicted octanol–water partition coefficient (Wildman–Crippen LogP) is 1.84. The molecule has 2 atom stereocenters. The Hall–Kier alpha value is -2.65. The smallest absolute Gasteiger partial charge is 0.250 e. The molecule has 0 radical (unpaired) electrons. The molecule has 0 spiro atoms. The van der Waals surface area contributed by atoms with Crippen molar-refractivity contribution in [2.45, 2.75) is 26.1 Å². The Balaban J connectivity index is 1.98. The number of nitrogens with one attached hydrogen (secondary N) is 1. The van der Waals surface area contributed by atoms with Crippen LogP contribution in [0, 0.1) is 11.3 Å². The maximum atomic E-state index is 12.2. The van der Waals surface area contributed by atoms with Crippen molar-refractivity contribution in [3.63, 3.8) is 0 Å². The van der Waals surface area contributed by atoms with Crippen LogP contribution in [0.4, 0.5) is 5.69 Å². The molecule has 1 aliphatic rings. The van der Waals surface area contributed by atoms with Crippen molar-refractivity contribution in [2.75, 3.05) is 24.5 Å². The third kappa shape index (κ3) is 3.03. The van der Waals surface area contributed by atoms with Crippen LogP contribution < -0.4 is 10.2 Å². The number of morpholine rings is 1. The van der Waals surface area contributed by atoms with Crippen LogP contribution in [0.15, 0.2) is 30.5 Å². The number of nitrogens with zero attached hydrogens (tertiary/aromatic N) is 3. The second-order valence-corrected chi connectivity index (χ2v) is 5.88. The average Bonchev–Trinajstić information content (AvgIpc) is 2.60. The summed E-state index contributed by atoms with van der Waals surface area (Å²) in [7, 11) is 0. The fourth-order valence-electron chi connectivity index (χ4n) is 3.10. The molecule has 1 aromatic heterocycles. The molecule has 2 heterocycles. The van der Waals surface area contributed by atoms with Crippen molar-refractivity contribution in [1.29, 1.82) is 5.26 Å². The lowest BCUT2D eigenvalue weighted by atomic mass is 10.1. The molecule has 124 valence electrons. The first-order valence-corrected chi connectivity index (χ1v) is 8.10. The van der Waals surface area contributed by atoms with E-state index in [1.165, 1.54) is 0 Å². The maximum absolute atomic E-state index is 12.2. The van der Waals surface area contributed by atoms with E-state index in [-0.39, 0.29) is 12.0 Å². The topological polar surface area (TPSA) is 78.3 Å². The van der Waals surface area contributed by atoms with Crippen molar-refractivity contribution >= 4 is 22.5 Å². The molecule has 1 N–H and O–H groups in total. The number of anilines is 1. The van der Waals surface area contributed by atoms with E-state index in [4.69, 9.17) is 4.74 Å². The van der Waals surface area contributed by atoms with Gasteiger partial charge in [-0.05, 0) is 38.1 Å². The van der Waals surface area contributed by atoms with Crippen LogP contribution in [0.5, 0.6) is 0 Å². The van der Waals surface area contributed by atoms with Crippen LogP contribution in [-0.4, -0.2) is 42.7 Å². The van der Waals surface area contributed by atoms with E-state index in [1.807, 2.05) is 32.0 Å². The Labute approximate surface area is 141 Å². The van der Waals surface area contributed by atoms with Crippen LogP contribution in [0.25, 0.3) is 10.9 Å². The predicted molar refractivity (Wildman–Crippen MR) is 91.7 cm³/mol. The molecule has 1 aromatic carbocycles. The Bertz CT molecular complexity index is 799. The summed E-state index contributed by atoms with van der Waals surface area (Å²) in [6.07, 6.45) is 1.12. The highest BCUT2D eigenvalue weighted by Gasteiger charge is 2.31. The monoisotopic (exact) mass is 324 g/mol. The number of likely N-dealkylation sites (N-methyl/N-ethyl adjacent to an activating group) is 1. The third-order valence-electron chi connectivity index (χ3n) is 4.11. The van der Waals surface area contributed by atoms with E-state index in [1.54, 1.807) is 12.3 Å². The van der Waals surface area contributed by atoms with Gasteiger partial charge in [-0.3, -0.25) is 9.78 Å². The number of hydrogen-bond donors (Lipinski definition) is 1. The number of nitriles is 1. The van der Waals surface area contributed by atoms with Gasteiger partial charge in [0.05, 0.1) is 23.7 Å². The summed E-state index contributed by atoms with van der Waals surface area (Å²) >= 11 is 0. The van der Waals surface area contributed by atoms with Crippen molar-refractivity contribution in [3.8, 4) is 6.07 Å². The van der Waals surface area contributed by atoms with Crippen LogP contribution in [0.1, 0.15) is 19.4 Å². The minimum absolute atomic E-state index is 0.0614. The molecule has 0 saturated carbocycles. The summed E-state index contributed by atoms with van der Waals surface area (Å²) in [5.74, 6) is -0.0925. The number of benzene rings is 1. The normalized spacial score (nSPS) is 20.6. The molecule has 1 aliphatic heterocycles. The zero-order chi connectivity index (χ0) is 17.1. The number of hydrogen-bond acceptors (Lipinski definition) is 5. The fourth-order valence-corrected chi connectivity index (χ4v) is 3.10. The number of fused-ring (bicyclic) bond motifs is 1. The van der Waals surface area contributed by atoms with E-state index >= 15 is 0 Å². The molecule has 1 saturated heterocycles. The fraction of sp³-hybridized carbons (Fsp3) is 0.389. The van der Waals surface area contributed by atoms with Crippen molar-refractivity contribution < 1.29 is 9.53 Å². The summed E-state index contributed by atoms with van der Waals surface area (Å²) in [6.45, 7) is 5.60. The van der Waals surface area contributed by atoms with E-state index in [0.717, 1.165) is 11.1 Å². The molecule has 6 nitrogen and oxygen atoms in total. The number of carbonyl (C=O) groups excluding carboxylic acids is 1. The minimum Gasteiger partial charge on any atom is -0.365 e. The Morgan fingerprint density at radius 2 is 2.29 bits per heavy atom. The number of ether oxygens (including phenoxy) is 1. The van der Waals surface area contributed by atoms with E-state index in [0.29, 0.717) is 30.7 Å². The summed E-state index contributed by atoms with van der Waals surface area (Å²) in [5.41, 5.74) is 2.21.